The van der Waals surface area contributed by atoms with Gasteiger partial charge in [0.25, 0.3) is 5.91 Å². The third-order valence-electron chi connectivity index (χ3n) is 3.00. The number of nitrogens with zero attached hydrogens (tertiary/aromatic N) is 1. The molecule has 8 heteroatoms. The van der Waals surface area contributed by atoms with E-state index >= 15 is 0 Å². The Labute approximate surface area is 150 Å². The number of hydrogen-bond donors (Lipinski definition) is 3. The van der Waals surface area contributed by atoms with Gasteiger partial charge in [-0.1, -0.05) is 29.6 Å². The lowest BCUT2D eigenvalue weighted by atomic mass is 10.2. The largest absolute Gasteiger partial charge is 0.481 e. The van der Waals surface area contributed by atoms with Gasteiger partial charge in [-0.05, 0) is 31.0 Å². The van der Waals surface area contributed by atoms with Gasteiger partial charge in [0.15, 0.2) is 0 Å². The molecule has 3 N–H and O–H groups in total. The van der Waals surface area contributed by atoms with Crippen LogP contribution in [0.5, 0.6) is 0 Å². The van der Waals surface area contributed by atoms with Crippen molar-refractivity contribution in [1.82, 2.24) is 5.32 Å². The van der Waals surface area contributed by atoms with E-state index in [0.717, 1.165) is 12.8 Å². The number of halogens is 2. The fraction of sp³-hybridized carbons (Fsp3) is 0.312. The van der Waals surface area contributed by atoms with Gasteiger partial charge in [0.05, 0.1) is 10.7 Å². The first kappa shape index (κ1) is 19.8. The number of carboxylic acids is 1. The summed E-state index contributed by atoms with van der Waals surface area (Å²) in [6, 6.07) is 6.43. The predicted octanol–water partition coefficient (Wildman–Crippen LogP) is 3.57. The third-order valence-corrected chi connectivity index (χ3v) is 3.55. The molecule has 0 spiro atoms. The van der Waals surface area contributed by atoms with Crippen LogP contribution in [0, 0.1) is 11.3 Å². The fourth-order valence-corrected chi connectivity index (χ4v) is 2.24. The summed E-state index contributed by atoms with van der Waals surface area (Å²) < 4.78 is 0. The molecule has 0 radical (unpaired) electrons. The van der Waals surface area contributed by atoms with E-state index in [-0.39, 0.29) is 17.0 Å². The molecule has 1 amide bonds. The summed E-state index contributed by atoms with van der Waals surface area (Å²) in [7, 11) is 0. The van der Waals surface area contributed by atoms with Crippen molar-refractivity contribution in [3.05, 3.63) is 40.0 Å². The monoisotopic (exact) mass is 369 g/mol. The van der Waals surface area contributed by atoms with Gasteiger partial charge in [-0.2, -0.15) is 5.26 Å². The first-order valence-corrected chi connectivity index (χ1v) is 8.01. The second kappa shape index (κ2) is 10.5. The molecule has 6 nitrogen and oxygen atoms in total. The highest BCUT2D eigenvalue weighted by Crippen LogP contribution is 2.25. The van der Waals surface area contributed by atoms with Crippen LogP contribution in [0.3, 0.4) is 0 Å². The SMILES string of the molecule is N#C/C(=C/NCCCCCC(=O)O)C(=O)Nc1ccc(Cl)cc1Cl. The number of hydrogen-bond acceptors (Lipinski definition) is 4. The summed E-state index contributed by atoms with van der Waals surface area (Å²) >= 11 is 11.7. The van der Waals surface area contributed by atoms with Gasteiger partial charge in [-0.15, -0.1) is 0 Å². The van der Waals surface area contributed by atoms with Crippen molar-refractivity contribution in [1.29, 1.82) is 5.26 Å². The Morgan fingerprint density at radius 1 is 1.25 bits per heavy atom. The number of rotatable bonds is 9. The second-order valence-corrected chi connectivity index (χ2v) is 5.75. The van der Waals surface area contributed by atoms with Crippen LogP contribution in [0.2, 0.25) is 10.0 Å². The highest BCUT2D eigenvalue weighted by Gasteiger charge is 2.11. The highest BCUT2D eigenvalue weighted by atomic mass is 35.5. The molecule has 1 aromatic rings. The van der Waals surface area contributed by atoms with Gasteiger partial charge in [0.1, 0.15) is 11.6 Å². The molecule has 0 fully saturated rings. The minimum atomic E-state index is -0.813. The van der Waals surface area contributed by atoms with Crippen molar-refractivity contribution in [2.45, 2.75) is 25.7 Å². The van der Waals surface area contributed by atoms with E-state index in [1.807, 2.05) is 6.07 Å². The minimum Gasteiger partial charge on any atom is -0.481 e. The highest BCUT2D eigenvalue weighted by molar-refractivity contribution is 6.36. The molecule has 1 aromatic carbocycles. The van der Waals surface area contributed by atoms with Crippen LogP contribution < -0.4 is 10.6 Å². The Morgan fingerprint density at radius 3 is 2.62 bits per heavy atom. The zero-order chi connectivity index (χ0) is 17.9. The van der Waals surface area contributed by atoms with E-state index < -0.39 is 11.9 Å². The normalized spacial score (nSPS) is 10.8. The van der Waals surface area contributed by atoms with Crippen LogP contribution in [0.1, 0.15) is 25.7 Å². The molecule has 0 aliphatic carbocycles. The molecular weight excluding hydrogens is 353 g/mol. The summed E-state index contributed by atoms with van der Waals surface area (Å²) in [6.45, 7) is 0.541. The van der Waals surface area contributed by atoms with Crippen molar-refractivity contribution in [2.75, 3.05) is 11.9 Å². The first-order valence-electron chi connectivity index (χ1n) is 7.26. The van der Waals surface area contributed by atoms with E-state index in [4.69, 9.17) is 33.6 Å². The lowest BCUT2D eigenvalue weighted by molar-refractivity contribution is -0.137. The van der Waals surface area contributed by atoms with Gasteiger partial charge in [-0.25, -0.2) is 0 Å². The third kappa shape index (κ3) is 7.36. The molecule has 0 aliphatic heterocycles. The number of carbonyl (C=O) groups is 2. The van der Waals surface area contributed by atoms with E-state index in [2.05, 4.69) is 10.6 Å². The van der Waals surface area contributed by atoms with Crippen LogP contribution >= 0.6 is 23.2 Å². The summed E-state index contributed by atoms with van der Waals surface area (Å²) in [5, 5.41) is 23.7. The van der Waals surface area contributed by atoms with Gasteiger partial charge >= 0.3 is 5.97 Å². The summed E-state index contributed by atoms with van der Waals surface area (Å²) in [6.07, 6.45) is 3.57. The maximum Gasteiger partial charge on any atom is 0.303 e. The molecule has 0 atom stereocenters. The smallest absolute Gasteiger partial charge is 0.303 e. The van der Waals surface area contributed by atoms with E-state index in [0.29, 0.717) is 23.7 Å². The van der Waals surface area contributed by atoms with Gasteiger partial charge in [0, 0.05) is 24.2 Å². The van der Waals surface area contributed by atoms with Crippen LogP contribution in [-0.4, -0.2) is 23.5 Å². The van der Waals surface area contributed by atoms with E-state index in [9.17, 15) is 9.59 Å². The fourth-order valence-electron chi connectivity index (χ4n) is 1.78. The number of carboxylic acid groups (broad SMARTS) is 1. The maximum absolute atomic E-state index is 12.0. The molecule has 0 saturated carbocycles. The molecule has 0 aromatic heterocycles. The van der Waals surface area contributed by atoms with Crippen LogP contribution in [0.25, 0.3) is 0 Å². The van der Waals surface area contributed by atoms with Crippen molar-refractivity contribution < 1.29 is 14.7 Å². The Balaban J connectivity index is 2.45. The number of nitriles is 1. The molecule has 0 saturated heterocycles. The van der Waals surface area contributed by atoms with Crippen molar-refractivity contribution >= 4 is 40.8 Å². The molecule has 0 bridgehead atoms. The minimum absolute atomic E-state index is 0.0912. The van der Waals surface area contributed by atoms with Crippen molar-refractivity contribution in [3.63, 3.8) is 0 Å². The first-order chi connectivity index (χ1) is 11.4. The second-order valence-electron chi connectivity index (χ2n) is 4.91. The molecule has 1 rings (SSSR count). The topological polar surface area (TPSA) is 102 Å². The molecule has 128 valence electrons. The Morgan fingerprint density at radius 2 is 2.00 bits per heavy atom. The molecule has 0 unspecified atom stereocenters. The molecule has 0 heterocycles. The lowest BCUT2D eigenvalue weighted by Crippen LogP contribution is -2.17. The van der Waals surface area contributed by atoms with Crippen LogP contribution in [0.15, 0.2) is 30.0 Å². The number of anilines is 1. The van der Waals surface area contributed by atoms with Gasteiger partial charge < -0.3 is 15.7 Å². The standard InChI is InChI=1S/C16H17Cl2N3O3/c17-12-5-6-14(13(18)8-12)21-16(24)11(9-19)10-20-7-3-1-2-4-15(22)23/h5-6,8,10,20H,1-4,7H2,(H,21,24)(H,22,23)/b11-10-. The zero-order valence-corrected chi connectivity index (χ0v) is 14.3. The van der Waals surface area contributed by atoms with Crippen molar-refractivity contribution in [2.24, 2.45) is 0 Å². The number of nitrogens with one attached hydrogen (secondary N) is 2. The lowest BCUT2D eigenvalue weighted by Gasteiger charge is -2.07. The van der Waals surface area contributed by atoms with E-state index in [1.165, 1.54) is 12.3 Å². The quantitative estimate of drug-likeness (QED) is 0.350. The number of unbranched alkanes of at least 4 members (excludes halogenated alkanes) is 2. The predicted molar refractivity (Wildman–Crippen MR) is 92.9 cm³/mol. The van der Waals surface area contributed by atoms with Crippen LogP contribution in [-0.2, 0) is 9.59 Å². The summed E-state index contributed by atoms with van der Waals surface area (Å²) in [5.74, 6) is -1.40. The zero-order valence-electron chi connectivity index (χ0n) is 12.8. The van der Waals surface area contributed by atoms with Crippen molar-refractivity contribution in [3.8, 4) is 6.07 Å². The number of aliphatic carboxylic acids is 1. The Bertz CT molecular complexity index is 669. The average molecular weight is 370 g/mol. The van der Waals surface area contributed by atoms with Gasteiger partial charge in [0.2, 0.25) is 0 Å². The molecular formula is C16H17Cl2N3O3. The Hall–Kier alpha value is -2.23. The average Bonchev–Trinajstić information content (AvgIpc) is 2.52. The maximum atomic E-state index is 12.0. The summed E-state index contributed by atoms with van der Waals surface area (Å²) in [4.78, 5) is 22.4. The molecule has 24 heavy (non-hydrogen) atoms. The van der Waals surface area contributed by atoms with E-state index in [1.54, 1.807) is 12.1 Å². The number of amides is 1. The Kier molecular flexibility index (Phi) is 8.69. The molecule has 0 aliphatic rings. The van der Waals surface area contributed by atoms with Crippen LogP contribution in [0.4, 0.5) is 5.69 Å². The number of carbonyl (C=O) groups excluding carboxylic acids is 1. The summed E-state index contributed by atoms with van der Waals surface area (Å²) in [5.41, 5.74) is 0.271. The van der Waals surface area contributed by atoms with Gasteiger partial charge in [-0.3, -0.25) is 9.59 Å². The number of benzene rings is 1.